The summed E-state index contributed by atoms with van der Waals surface area (Å²) in [4.78, 5) is 55.1. The first kappa shape index (κ1) is 27.4. The van der Waals surface area contributed by atoms with Crippen LogP contribution in [0.2, 0.25) is 0 Å². The Morgan fingerprint density at radius 3 is 2.41 bits per heavy atom. The number of nitrogens with one attached hydrogen (secondary N) is 1. The number of alkyl halides is 3. The van der Waals surface area contributed by atoms with Crippen LogP contribution < -0.4 is 15.1 Å². The monoisotopic (exact) mass is 619 g/mol. The van der Waals surface area contributed by atoms with E-state index >= 15 is 0 Å². The molecule has 2 aromatic heterocycles. The molecule has 0 aliphatic carbocycles. The van der Waals surface area contributed by atoms with Crippen LogP contribution >= 0.6 is 34.4 Å². The molecule has 1 fully saturated rings. The fourth-order valence-corrected chi connectivity index (χ4v) is 8.71. The van der Waals surface area contributed by atoms with Gasteiger partial charge in [0.15, 0.2) is 0 Å². The van der Waals surface area contributed by atoms with Gasteiger partial charge in [-0.15, -0.1) is 11.3 Å². The number of amides is 3. The van der Waals surface area contributed by atoms with Crippen molar-refractivity contribution in [1.82, 2.24) is 4.57 Å². The first-order valence-corrected chi connectivity index (χ1v) is 14.6. The molecule has 2 aliphatic heterocycles. The average molecular weight is 620 g/mol. The van der Waals surface area contributed by atoms with E-state index in [4.69, 9.17) is 0 Å². The van der Waals surface area contributed by atoms with Crippen molar-refractivity contribution in [3.63, 3.8) is 0 Å². The summed E-state index contributed by atoms with van der Waals surface area (Å²) < 4.78 is 54.0. The number of nitrogens with zero attached hydrogens (tertiary/aromatic N) is 2. The largest absolute Gasteiger partial charge is 0.416 e. The Hall–Kier alpha value is -3.75. The number of thiazole rings is 1. The normalized spacial score (nSPS) is 20.2. The number of thioether (sulfide) groups is 1. The molecule has 4 aromatic rings. The summed E-state index contributed by atoms with van der Waals surface area (Å²) in [5.41, 5.74) is -0.795. The van der Waals surface area contributed by atoms with Crippen LogP contribution in [0.25, 0.3) is 0 Å². The summed E-state index contributed by atoms with van der Waals surface area (Å²) in [5, 5.41) is 3.64. The van der Waals surface area contributed by atoms with E-state index in [1.165, 1.54) is 34.1 Å². The first-order chi connectivity index (χ1) is 19.5. The Balaban J connectivity index is 1.35. The first-order valence-electron chi connectivity index (χ1n) is 12.1. The summed E-state index contributed by atoms with van der Waals surface area (Å²) >= 11 is 3.23. The minimum Gasteiger partial charge on any atom is -0.325 e. The van der Waals surface area contributed by atoms with E-state index in [2.05, 4.69) is 5.32 Å². The van der Waals surface area contributed by atoms with E-state index in [9.17, 15) is 36.7 Å². The molecule has 2 aromatic carbocycles. The van der Waals surface area contributed by atoms with Crippen LogP contribution in [-0.2, 0) is 27.1 Å². The van der Waals surface area contributed by atoms with Crippen molar-refractivity contribution in [2.24, 2.45) is 5.92 Å². The minimum atomic E-state index is -4.60. The number of carbonyl (C=O) groups excluding carboxylic acids is 3. The molecular formula is C27H17F4N3O4S3. The highest BCUT2D eigenvalue weighted by atomic mass is 32.2. The molecule has 0 radical (unpaired) electrons. The highest BCUT2D eigenvalue weighted by Gasteiger charge is 2.57. The van der Waals surface area contributed by atoms with Crippen LogP contribution in [0.1, 0.15) is 21.2 Å². The van der Waals surface area contributed by atoms with Gasteiger partial charge in [0.2, 0.25) is 17.7 Å². The summed E-state index contributed by atoms with van der Waals surface area (Å²) in [5.74, 6) is -3.73. The number of anilines is 2. The van der Waals surface area contributed by atoms with Gasteiger partial charge in [-0.1, -0.05) is 35.2 Å². The zero-order valence-electron chi connectivity index (χ0n) is 20.6. The van der Waals surface area contributed by atoms with Crippen molar-refractivity contribution in [1.29, 1.82) is 0 Å². The van der Waals surface area contributed by atoms with E-state index in [0.29, 0.717) is 9.90 Å². The molecule has 3 atom stereocenters. The Bertz CT molecular complexity index is 1730. The lowest BCUT2D eigenvalue weighted by Crippen LogP contribution is -2.32. The summed E-state index contributed by atoms with van der Waals surface area (Å²) in [6.45, 7) is -0.508. The van der Waals surface area contributed by atoms with Crippen LogP contribution in [0.3, 0.4) is 0 Å². The molecule has 1 N–H and O–H groups in total. The fraction of sp³-hybridized carbons (Fsp3) is 0.185. The molecule has 6 rings (SSSR count). The van der Waals surface area contributed by atoms with E-state index in [1.54, 1.807) is 12.1 Å². The van der Waals surface area contributed by atoms with Crippen LogP contribution in [-0.4, -0.2) is 27.5 Å². The van der Waals surface area contributed by atoms with Gasteiger partial charge in [0.1, 0.15) is 17.6 Å². The van der Waals surface area contributed by atoms with Gasteiger partial charge in [0.05, 0.1) is 22.2 Å². The van der Waals surface area contributed by atoms with Gasteiger partial charge in [0, 0.05) is 21.4 Å². The second-order valence-electron chi connectivity index (χ2n) is 9.30. The van der Waals surface area contributed by atoms with E-state index in [0.717, 1.165) is 63.2 Å². The summed E-state index contributed by atoms with van der Waals surface area (Å²) in [6.07, 6.45) is -4.60. The van der Waals surface area contributed by atoms with Crippen molar-refractivity contribution in [3.8, 4) is 0 Å². The minimum absolute atomic E-state index is 0.0855. The second kappa shape index (κ2) is 10.3. The third-order valence-electron chi connectivity index (χ3n) is 6.76. The van der Waals surface area contributed by atoms with Crippen LogP contribution in [0, 0.1) is 11.7 Å². The summed E-state index contributed by atoms with van der Waals surface area (Å²) in [6, 6.07) is 12.7. The zero-order valence-corrected chi connectivity index (χ0v) is 23.0. The molecule has 2 aliphatic rings. The number of fused-ring (bicyclic) bond motifs is 2. The van der Waals surface area contributed by atoms with Crippen LogP contribution in [0.15, 0.2) is 75.9 Å². The lowest BCUT2D eigenvalue weighted by Gasteiger charge is -2.29. The van der Waals surface area contributed by atoms with Crippen molar-refractivity contribution in [2.75, 3.05) is 10.2 Å². The van der Waals surface area contributed by atoms with E-state index < -0.39 is 63.8 Å². The van der Waals surface area contributed by atoms with Crippen LogP contribution in [0.5, 0.6) is 0 Å². The molecule has 4 heterocycles. The number of thiophene rings is 1. The molecule has 1 saturated heterocycles. The lowest BCUT2D eigenvalue weighted by atomic mass is 9.87. The molecule has 7 nitrogen and oxygen atoms in total. The Morgan fingerprint density at radius 1 is 0.976 bits per heavy atom. The molecule has 0 spiro atoms. The molecule has 0 saturated carbocycles. The Morgan fingerprint density at radius 2 is 1.73 bits per heavy atom. The van der Waals surface area contributed by atoms with E-state index in [-0.39, 0.29) is 11.4 Å². The van der Waals surface area contributed by atoms with Crippen molar-refractivity contribution >= 4 is 63.5 Å². The standard InChI is InChI=1S/C27H17F4N3O4S3/c28-14-6-8-16(9-7-14)34-23(36)20-19(17-5-2-10-39-17)22-25(40-21(20)24(34)37)33(26(38)41-22)12-18(35)32-15-4-1-3-13(11-15)27(29,30)31/h1-11,19-21H,12H2,(H,32,35)/t19-,20-,21+/m0/s1. The zero-order chi connectivity index (χ0) is 29.1. The van der Waals surface area contributed by atoms with Gasteiger partial charge in [-0.25, -0.2) is 9.29 Å². The molecule has 210 valence electrons. The maximum Gasteiger partial charge on any atom is 0.416 e. The molecule has 0 unspecified atom stereocenters. The highest BCUT2D eigenvalue weighted by molar-refractivity contribution is 8.00. The smallest absolute Gasteiger partial charge is 0.325 e. The third kappa shape index (κ3) is 4.89. The molecule has 0 bridgehead atoms. The van der Waals surface area contributed by atoms with Gasteiger partial charge in [0.25, 0.3) is 0 Å². The van der Waals surface area contributed by atoms with Gasteiger partial charge in [-0.3, -0.25) is 23.7 Å². The van der Waals surface area contributed by atoms with Crippen molar-refractivity contribution in [2.45, 2.75) is 28.9 Å². The number of hydrogen-bond donors (Lipinski definition) is 1. The predicted octanol–water partition coefficient (Wildman–Crippen LogP) is 5.56. The topological polar surface area (TPSA) is 88.5 Å². The van der Waals surface area contributed by atoms with Crippen LogP contribution in [0.4, 0.5) is 28.9 Å². The molecule has 3 amide bonds. The summed E-state index contributed by atoms with van der Waals surface area (Å²) in [7, 11) is 0. The Labute approximate surface area is 241 Å². The number of hydrogen-bond acceptors (Lipinski definition) is 7. The van der Waals surface area contributed by atoms with Gasteiger partial charge in [-0.2, -0.15) is 13.2 Å². The molecule has 41 heavy (non-hydrogen) atoms. The van der Waals surface area contributed by atoms with Gasteiger partial charge in [-0.05, 0) is 53.9 Å². The predicted molar refractivity (Wildman–Crippen MR) is 147 cm³/mol. The van der Waals surface area contributed by atoms with Crippen molar-refractivity contribution in [3.05, 3.63) is 96.8 Å². The molecule has 14 heteroatoms. The third-order valence-corrected chi connectivity index (χ3v) is 10.3. The highest BCUT2D eigenvalue weighted by Crippen LogP contribution is 2.54. The number of imide groups is 1. The quantitative estimate of drug-likeness (QED) is 0.233. The molecular weight excluding hydrogens is 603 g/mol. The maximum absolute atomic E-state index is 13.7. The number of rotatable bonds is 5. The number of halogens is 4. The van der Waals surface area contributed by atoms with E-state index in [1.807, 2.05) is 5.38 Å². The Kier molecular flexibility index (Phi) is 6.86. The fourth-order valence-electron chi connectivity index (χ4n) is 4.99. The second-order valence-corrected chi connectivity index (χ2v) is 12.4. The SMILES string of the molecule is O=C(Cn1c2c(sc1=O)[C@@H](c1cccs1)[C@@H]1C(=O)N(c3ccc(F)cc3)C(=O)[C@@H]1S2)Nc1cccc(C(F)(F)F)c1. The van der Waals surface area contributed by atoms with Gasteiger partial charge < -0.3 is 5.32 Å². The number of benzene rings is 2. The van der Waals surface area contributed by atoms with Gasteiger partial charge >= 0.3 is 11.0 Å². The number of carbonyl (C=O) groups is 3. The maximum atomic E-state index is 13.7. The number of aromatic nitrogens is 1. The lowest BCUT2D eigenvalue weighted by molar-refractivity contribution is -0.137. The average Bonchev–Trinajstić information content (AvgIpc) is 3.62. The van der Waals surface area contributed by atoms with Crippen molar-refractivity contribution < 1.29 is 31.9 Å².